The van der Waals surface area contributed by atoms with E-state index in [1.165, 1.54) is 11.1 Å². The largest absolute Gasteiger partial charge is 0.335 e. The molecular weight excluding hydrogens is 348 g/mol. The van der Waals surface area contributed by atoms with Crippen LogP contribution >= 0.6 is 0 Å². The molecule has 0 N–H and O–H groups in total. The molecule has 0 radical (unpaired) electrons. The minimum Gasteiger partial charge on any atom is -0.335 e. The van der Waals surface area contributed by atoms with Crippen LogP contribution < -0.4 is 0 Å². The Morgan fingerprint density at radius 2 is 1.77 bits per heavy atom. The molecule has 3 atom stereocenters. The summed E-state index contributed by atoms with van der Waals surface area (Å²) in [6.07, 6.45) is 1.51. The van der Waals surface area contributed by atoms with E-state index in [2.05, 4.69) is 34.9 Å². The van der Waals surface area contributed by atoms with Gasteiger partial charge in [0.1, 0.15) is 9.84 Å². The summed E-state index contributed by atoms with van der Waals surface area (Å²) in [6, 6.07) is 8.93. The van der Waals surface area contributed by atoms with Crippen molar-refractivity contribution in [3.63, 3.8) is 0 Å². The summed E-state index contributed by atoms with van der Waals surface area (Å²) in [5.41, 5.74) is 2.51. The molecule has 3 fully saturated rings. The SMILES string of the molecule is CC(=O)N1C[C@H]2CN(C3CCS(=O)(=O)CC3)C[C@H]2[C@H]1c1ccccc1C. The van der Waals surface area contributed by atoms with E-state index in [0.717, 1.165) is 32.5 Å². The first-order valence-corrected chi connectivity index (χ1v) is 11.4. The molecule has 6 heteroatoms. The Bertz CT molecular complexity index is 793. The van der Waals surface area contributed by atoms with Gasteiger partial charge in [-0.2, -0.15) is 0 Å². The fraction of sp³-hybridized carbons (Fsp3) is 0.650. The Kier molecular flexibility index (Phi) is 4.59. The molecule has 0 aromatic heterocycles. The predicted molar refractivity (Wildman–Crippen MR) is 102 cm³/mol. The van der Waals surface area contributed by atoms with Crippen LogP contribution in [-0.2, 0) is 14.6 Å². The predicted octanol–water partition coefficient (Wildman–Crippen LogP) is 2.02. The van der Waals surface area contributed by atoms with Crippen LogP contribution in [-0.4, -0.2) is 61.3 Å². The number of aryl methyl sites for hydroxylation is 1. The van der Waals surface area contributed by atoms with Crippen molar-refractivity contribution in [2.45, 2.75) is 38.8 Å². The maximum atomic E-state index is 12.3. The molecule has 3 heterocycles. The highest BCUT2D eigenvalue weighted by Gasteiger charge is 2.50. The third-order valence-electron chi connectivity index (χ3n) is 6.64. The number of likely N-dealkylation sites (tertiary alicyclic amines) is 2. The normalized spacial score (nSPS) is 31.9. The summed E-state index contributed by atoms with van der Waals surface area (Å²) in [5, 5.41) is 0. The molecule has 3 saturated heterocycles. The van der Waals surface area contributed by atoms with Crippen molar-refractivity contribution in [1.82, 2.24) is 9.80 Å². The molecule has 5 nitrogen and oxygen atoms in total. The van der Waals surface area contributed by atoms with Crippen molar-refractivity contribution in [3.8, 4) is 0 Å². The van der Waals surface area contributed by atoms with Gasteiger partial charge in [-0.1, -0.05) is 24.3 Å². The second-order valence-electron chi connectivity index (χ2n) is 8.23. The topological polar surface area (TPSA) is 57.7 Å². The lowest BCUT2D eigenvalue weighted by Gasteiger charge is -2.34. The van der Waals surface area contributed by atoms with E-state index >= 15 is 0 Å². The minimum absolute atomic E-state index is 0.149. The first kappa shape index (κ1) is 18.0. The van der Waals surface area contributed by atoms with Crippen LogP contribution in [0.15, 0.2) is 24.3 Å². The second kappa shape index (κ2) is 6.64. The van der Waals surface area contributed by atoms with E-state index in [1.54, 1.807) is 6.92 Å². The number of rotatable bonds is 2. The van der Waals surface area contributed by atoms with Gasteiger partial charge in [-0.3, -0.25) is 9.69 Å². The molecule has 1 aromatic carbocycles. The van der Waals surface area contributed by atoms with Gasteiger partial charge < -0.3 is 4.90 Å². The number of carbonyl (C=O) groups is 1. The summed E-state index contributed by atoms with van der Waals surface area (Å²) < 4.78 is 23.5. The lowest BCUT2D eigenvalue weighted by Crippen LogP contribution is -2.42. The quantitative estimate of drug-likeness (QED) is 0.792. The van der Waals surface area contributed by atoms with Gasteiger partial charge in [0.05, 0.1) is 17.5 Å². The minimum atomic E-state index is -2.82. The van der Waals surface area contributed by atoms with Crippen LogP contribution in [0.2, 0.25) is 0 Å². The average molecular weight is 377 g/mol. The Morgan fingerprint density at radius 1 is 1.08 bits per heavy atom. The number of hydrogen-bond acceptors (Lipinski definition) is 4. The van der Waals surface area contributed by atoms with E-state index in [9.17, 15) is 13.2 Å². The number of hydrogen-bond donors (Lipinski definition) is 0. The monoisotopic (exact) mass is 376 g/mol. The maximum absolute atomic E-state index is 12.3. The van der Waals surface area contributed by atoms with E-state index < -0.39 is 9.84 Å². The lowest BCUT2D eigenvalue weighted by molar-refractivity contribution is -0.130. The molecule has 142 valence electrons. The van der Waals surface area contributed by atoms with Crippen molar-refractivity contribution < 1.29 is 13.2 Å². The maximum Gasteiger partial charge on any atom is 0.219 e. The summed E-state index contributed by atoms with van der Waals surface area (Å²) in [4.78, 5) is 16.8. The number of nitrogens with zero attached hydrogens (tertiary/aromatic N) is 2. The van der Waals surface area contributed by atoms with Gasteiger partial charge in [0, 0.05) is 38.5 Å². The van der Waals surface area contributed by atoms with Crippen molar-refractivity contribution >= 4 is 15.7 Å². The van der Waals surface area contributed by atoms with E-state index in [1.807, 2.05) is 6.07 Å². The zero-order valence-corrected chi connectivity index (χ0v) is 16.4. The number of benzene rings is 1. The molecule has 26 heavy (non-hydrogen) atoms. The number of sulfone groups is 1. The first-order valence-electron chi connectivity index (χ1n) is 9.63. The summed E-state index contributed by atoms with van der Waals surface area (Å²) in [6.45, 7) is 6.58. The standard InChI is InChI=1S/C20H28N2O3S/c1-14-5-3-4-6-18(14)20-19-13-21(11-16(19)12-22(20)15(2)23)17-7-9-26(24,25)10-8-17/h3-6,16-17,19-20H,7-13H2,1-2H3/t16-,19-,20-/m1/s1. The molecule has 1 aromatic rings. The lowest BCUT2D eigenvalue weighted by atomic mass is 9.87. The molecule has 0 spiro atoms. The molecular formula is C20H28N2O3S. The molecule has 0 saturated carbocycles. The molecule has 3 aliphatic rings. The third kappa shape index (κ3) is 3.18. The number of amides is 1. The molecule has 1 amide bonds. The highest BCUT2D eigenvalue weighted by Crippen LogP contribution is 2.46. The highest BCUT2D eigenvalue weighted by atomic mass is 32.2. The van der Waals surface area contributed by atoms with Crippen molar-refractivity contribution in [1.29, 1.82) is 0 Å². The third-order valence-corrected chi connectivity index (χ3v) is 8.36. The van der Waals surface area contributed by atoms with Gasteiger partial charge in [0.15, 0.2) is 0 Å². The first-order chi connectivity index (χ1) is 12.4. The van der Waals surface area contributed by atoms with Gasteiger partial charge in [-0.25, -0.2) is 8.42 Å². The smallest absolute Gasteiger partial charge is 0.219 e. The molecule has 0 aliphatic carbocycles. The van der Waals surface area contributed by atoms with Gasteiger partial charge in [0.2, 0.25) is 5.91 Å². The van der Waals surface area contributed by atoms with Crippen molar-refractivity contribution in [2.75, 3.05) is 31.1 Å². The number of fused-ring (bicyclic) bond motifs is 1. The Hall–Kier alpha value is -1.40. The van der Waals surface area contributed by atoms with E-state index in [0.29, 0.717) is 29.4 Å². The molecule has 0 unspecified atom stereocenters. The zero-order chi connectivity index (χ0) is 18.5. The average Bonchev–Trinajstić information content (AvgIpc) is 3.13. The van der Waals surface area contributed by atoms with Gasteiger partial charge >= 0.3 is 0 Å². The summed E-state index contributed by atoms with van der Waals surface area (Å²) in [7, 11) is -2.82. The molecule has 3 aliphatic heterocycles. The highest BCUT2D eigenvalue weighted by molar-refractivity contribution is 7.91. The van der Waals surface area contributed by atoms with Crippen LogP contribution in [0.5, 0.6) is 0 Å². The fourth-order valence-electron chi connectivity index (χ4n) is 5.26. The van der Waals surface area contributed by atoms with Gasteiger partial charge in [0.25, 0.3) is 0 Å². The Morgan fingerprint density at radius 3 is 2.42 bits per heavy atom. The van der Waals surface area contributed by atoms with Crippen LogP contribution in [0.25, 0.3) is 0 Å². The summed E-state index contributed by atoms with van der Waals surface area (Å²) in [5.74, 6) is 1.73. The van der Waals surface area contributed by atoms with Gasteiger partial charge in [-0.05, 0) is 36.8 Å². The van der Waals surface area contributed by atoms with Crippen molar-refractivity contribution in [2.24, 2.45) is 11.8 Å². The van der Waals surface area contributed by atoms with Gasteiger partial charge in [-0.15, -0.1) is 0 Å². The second-order valence-corrected chi connectivity index (χ2v) is 10.5. The van der Waals surface area contributed by atoms with Crippen LogP contribution in [0, 0.1) is 18.8 Å². The zero-order valence-electron chi connectivity index (χ0n) is 15.6. The van der Waals surface area contributed by atoms with E-state index in [-0.39, 0.29) is 11.9 Å². The van der Waals surface area contributed by atoms with E-state index in [4.69, 9.17) is 0 Å². The van der Waals surface area contributed by atoms with Crippen LogP contribution in [0.3, 0.4) is 0 Å². The van der Waals surface area contributed by atoms with Crippen LogP contribution in [0.4, 0.5) is 0 Å². The number of carbonyl (C=O) groups excluding carboxylic acids is 1. The Labute approximate surface area is 156 Å². The van der Waals surface area contributed by atoms with Crippen molar-refractivity contribution in [3.05, 3.63) is 35.4 Å². The Balaban J connectivity index is 1.55. The molecule has 4 rings (SSSR count). The molecule has 0 bridgehead atoms. The summed E-state index contributed by atoms with van der Waals surface area (Å²) >= 11 is 0. The van der Waals surface area contributed by atoms with Crippen LogP contribution in [0.1, 0.15) is 36.9 Å². The fourth-order valence-corrected chi connectivity index (χ4v) is 6.73.